The summed E-state index contributed by atoms with van der Waals surface area (Å²) in [7, 11) is -0.879. The molecule has 0 saturated heterocycles. The predicted molar refractivity (Wildman–Crippen MR) is 103 cm³/mol. The van der Waals surface area contributed by atoms with E-state index in [0.29, 0.717) is 25.4 Å². The zero-order chi connectivity index (χ0) is 18.0. The normalized spacial score (nSPS) is 13.5. The second-order valence-electron chi connectivity index (χ2n) is 6.51. The SMILES string of the molecule is CCNC(=NCCS(=O)C(C)(C)C)NCCOc1ccc(C)cc1. The van der Waals surface area contributed by atoms with Gasteiger partial charge in [0, 0.05) is 27.8 Å². The van der Waals surface area contributed by atoms with Crippen molar-refractivity contribution in [3.8, 4) is 5.75 Å². The van der Waals surface area contributed by atoms with Crippen LogP contribution in [0.15, 0.2) is 29.3 Å². The third-order valence-corrected chi connectivity index (χ3v) is 5.18. The van der Waals surface area contributed by atoms with Gasteiger partial charge in [0.15, 0.2) is 5.96 Å². The van der Waals surface area contributed by atoms with Crippen LogP contribution >= 0.6 is 0 Å². The minimum atomic E-state index is -0.879. The fourth-order valence-electron chi connectivity index (χ4n) is 1.86. The number of hydrogen-bond acceptors (Lipinski definition) is 3. The van der Waals surface area contributed by atoms with Crippen LogP contribution in [-0.2, 0) is 10.8 Å². The molecule has 1 aromatic carbocycles. The highest BCUT2D eigenvalue weighted by atomic mass is 32.2. The molecule has 0 aromatic heterocycles. The summed E-state index contributed by atoms with van der Waals surface area (Å²) in [6.07, 6.45) is 0. The highest BCUT2D eigenvalue weighted by Gasteiger charge is 2.18. The van der Waals surface area contributed by atoms with Crippen molar-refractivity contribution in [3.63, 3.8) is 0 Å². The lowest BCUT2D eigenvalue weighted by Gasteiger charge is -2.17. The monoisotopic (exact) mass is 353 g/mol. The number of guanidine groups is 1. The molecular formula is C18H31N3O2S. The number of rotatable bonds is 8. The lowest BCUT2D eigenvalue weighted by atomic mass is 10.2. The number of benzene rings is 1. The van der Waals surface area contributed by atoms with Crippen LogP contribution in [-0.4, -0.2) is 46.9 Å². The van der Waals surface area contributed by atoms with E-state index in [-0.39, 0.29) is 4.75 Å². The van der Waals surface area contributed by atoms with E-state index < -0.39 is 10.8 Å². The molecule has 136 valence electrons. The first kappa shape index (κ1) is 20.5. The van der Waals surface area contributed by atoms with Gasteiger partial charge in [0.05, 0.1) is 13.1 Å². The van der Waals surface area contributed by atoms with E-state index in [1.54, 1.807) is 0 Å². The number of aliphatic imine (C=N–C) groups is 1. The molecular weight excluding hydrogens is 322 g/mol. The van der Waals surface area contributed by atoms with Gasteiger partial charge in [-0.25, -0.2) is 0 Å². The van der Waals surface area contributed by atoms with Gasteiger partial charge in [-0.05, 0) is 46.8 Å². The Morgan fingerprint density at radius 3 is 2.46 bits per heavy atom. The fourth-order valence-corrected chi connectivity index (χ4v) is 2.73. The van der Waals surface area contributed by atoms with Gasteiger partial charge < -0.3 is 15.4 Å². The summed E-state index contributed by atoms with van der Waals surface area (Å²) in [5.41, 5.74) is 1.22. The molecule has 0 aliphatic rings. The van der Waals surface area contributed by atoms with Crippen LogP contribution in [0.4, 0.5) is 0 Å². The number of nitrogens with one attached hydrogen (secondary N) is 2. The average molecular weight is 354 g/mol. The van der Waals surface area contributed by atoms with E-state index in [9.17, 15) is 4.21 Å². The number of ether oxygens (including phenoxy) is 1. The largest absolute Gasteiger partial charge is 0.492 e. The maximum atomic E-state index is 12.0. The molecule has 24 heavy (non-hydrogen) atoms. The van der Waals surface area contributed by atoms with Gasteiger partial charge in [-0.1, -0.05) is 17.7 Å². The van der Waals surface area contributed by atoms with Gasteiger partial charge in [-0.3, -0.25) is 9.20 Å². The molecule has 0 aliphatic carbocycles. The zero-order valence-corrected chi connectivity index (χ0v) is 16.3. The first-order valence-corrected chi connectivity index (χ1v) is 9.75. The van der Waals surface area contributed by atoms with Crippen molar-refractivity contribution in [3.05, 3.63) is 29.8 Å². The van der Waals surface area contributed by atoms with Crippen molar-refractivity contribution < 1.29 is 8.95 Å². The molecule has 0 saturated carbocycles. The Morgan fingerprint density at radius 2 is 1.88 bits per heavy atom. The zero-order valence-electron chi connectivity index (χ0n) is 15.5. The number of aryl methyl sites for hydroxylation is 1. The molecule has 0 amide bonds. The second kappa shape index (κ2) is 10.3. The molecule has 1 aromatic rings. The van der Waals surface area contributed by atoms with Crippen molar-refractivity contribution in [2.45, 2.75) is 39.4 Å². The van der Waals surface area contributed by atoms with Crippen LogP contribution in [0.2, 0.25) is 0 Å². The summed E-state index contributed by atoms with van der Waals surface area (Å²) >= 11 is 0. The van der Waals surface area contributed by atoms with Crippen LogP contribution in [0.25, 0.3) is 0 Å². The summed E-state index contributed by atoms with van der Waals surface area (Å²) in [6.45, 7) is 12.6. The Balaban J connectivity index is 2.35. The van der Waals surface area contributed by atoms with Gasteiger partial charge in [0.25, 0.3) is 0 Å². The lowest BCUT2D eigenvalue weighted by molar-refractivity contribution is 0.322. The van der Waals surface area contributed by atoms with Gasteiger partial charge in [-0.2, -0.15) is 0 Å². The highest BCUT2D eigenvalue weighted by Crippen LogP contribution is 2.11. The van der Waals surface area contributed by atoms with Crippen molar-refractivity contribution in [2.75, 3.05) is 32.0 Å². The molecule has 0 bridgehead atoms. The van der Waals surface area contributed by atoms with E-state index in [2.05, 4.69) is 22.5 Å². The molecule has 6 heteroatoms. The number of nitrogens with zero attached hydrogens (tertiary/aromatic N) is 1. The average Bonchev–Trinajstić information content (AvgIpc) is 2.52. The van der Waals surface area contributed by atoms with Gasteiger partial charge in [0.2, 0.25) is 0 Å². The smallest absolute Gasteiger partial charge is 0.191 e. The van der Waals surface area contributed by atoms with Crippen LogP contribution in [0, 0.1) is 6.92 Å². The molecule has 2 N–H and O–H groups in total. The molecule has 0 spiro atoms. The fraction of sp³-hybridized carbons (Fsp3) is 0.611. The minimum Gasteiger partial charge on any atom is -0.492 e. The number of hydrogen-bond donors (Lipinski definition) is 2. The third kappa shape index (κ3) is 8.34. The predicted octanol–water partition coefficient (Wildman–Crippen LogP) is 2.48. The molecule has 1 unspecified atom stereocenters. The van der Waals surface area contributed by atoms with Crippen molar-refractivity contribution >= 4 is 16.8 Å². The Hall–Kier alpha value is -1.56. The molecule has 0 aliphatic heterocycles. The Labute approximate surface area is 148 Å². The molecule has 0 fully saturated rings. The Morgan fingerprint density at radius 1 is 1.21 bits per heavy atom. The first-order chi connectivity index (χ1) is 11.3. The van der Waals surface area contributed by atoms with E-state index in [1.807, 2.05) is 52.0 Å². The summed E-state index contributed by atoms with van der Waals surface area (Å²) in [5, 5.41) is 6.42. The third-order valence-electron chi connectivity index (χ3n) is 3.26. The highest BCUT2D eigenvalue weighted by molar-refractivity contribution is 7.86. The quantitative estimate of drug-likeness (QED) is 0.428. The summed E-state index contributed by atoms with van der Waals surface area (Å²) < 4.78 is 17.5. The van der Waals surface area contributed by atoms with E-state index in [1.165, 1.54) is 5.56 Å². The van der Waals surface area contributed by atoms with Crippen molar-refractivity contribution in [2.24, 2.45) is 4.99 Å². The minimum absolute atomic E-state index is 0.191. The van der Waals surface area contributed by atoms with Crippen molar-refractivity contribution in [1.29, 1.82) is 0 Å². The van der Waals surface area contributed by atoms with Gasteiger partial charge in [-0.15, -0.1) is 0 Å². The first-order valence-electron chi connectivity index (χ1n) is 8.43. The van der Waals surface area contributed by atoms with Gasteiger partial charge >= 0.3 is 0 Å². The van der Waals surface area contributed by atoms with E-state index in [4.69, 9.17) is 4.74 Å². The summed E-state index contributed by atoms with van der Waals surface area (Å²) in [4.78, 5) is 4.47. The Kier molecular flexibility index (Phi) is 8.82. The molecule has 1 atom stereocenters. The molecule has 0 radical (unpaired) electrons. The molecule has 5 nitrogen and oxygen atoms in total. The maximum Gasteiger partial charge on any atom is 0.191 e. The van der Waals surface area contributed by atoms with E-state index in [0.717, 1.165) is 18.3 Å². The van der Waals surface area contributed by atoms with Crippen LogP contribution in [0.5, 0.6) is 5.75 Å². The summed E-state index contributed by atoms with van der Waals surface area (Å²) in [5.74, 6) is 2.17. The lowest BCUT2D eigenvalue weighted by Crippen LogP contribution is -2.39. The topological polar surface area (TPSA) is 62.7 Å². The van der Waals surface area contributed by atoms with Crippen LogP contribution < -0.4 is 15.4 Å². The van der Waals surface area contributed by atoms with Crippen molar-refractivity contribution in [1.82, 2.24) is 10.6 Å². The maximum absolute atomic E-state index is 12.0. The van der Waals surface area contributed by atoms with E-state index >= 15 is 0 Å². The molecule has 1 rings (SSSR count). The Bertz CT molecular complexity index is 536. The standard InChI is InChI=1S/C18H31N3O2S/c1-6-19-17(21-12-14-24(22)18(3,4)5)20-11-13-23-16-9-7-15(2)8-10-16/h7-10H,6,11-14H2,1-5H3,(H2,19,20,21). The second-order valence-corrected chi connectivity index (χ2v) is 8.84. The van der Waals surface area contributed by atoms with Gasteiger partial charge in [0.1, 0.15) is 12.4 Å². The van der Waals surface area contributed by atoms with Crippen LogP contribution in [0.1, 0.15) is 33.3 Å². The molecule has 0 heterocycles. The summed E-state index contributed by atoms with van der Waals surface area (Å²) in [6, 6.07) is 8.00. The van der Waals surface area contributed by atoms with Crippen LogP contribution in [0.3, 0.4) is 0 Å².